The Hall–Kier alpha value is -3.23. The average molecular weight is 368 g/mol. The third kappa shape index (κ3) is 3.05. The fourth-order valence-corrected chi connectivity index (χ4v) is 3.61. The number of nitrogens with one attached hydrogen (secondary N) is 2. The van der Waals surface area contributed by atoms with Gasteiger partial charge in [0.2, 0.25) is 0 Å². The molecule has 1 amide bonds. The van der Waals surface area contributed by atoms with Crippen molar-refractivity contribution in [1.29, 1.82) is 0 Å². The van der Waals surface area contributed by atoms with E-state index in [4.69, 9.17) is 0 Å². The Morgan fingerprint density at radius 3 is 2.70 bits per heavy atom. The maximum absolute atomic E-state index is 12.8. The first kappa shape index (κ1) is 17.2. The molecule has 1 aliphatic rings. The Kier molecular flexibility index (Phi) is 4.35. The van der Waals surface area contributed by atoms with Gasteiger partial charge in [-0.3, -0.25) is 14.2 Å². The van der Waals surface area contributed by atoms with Crippen LogP contribution in [0.4, 0.5) is 0 Å². The number of aromatic amines is 2. The largest absolute Gasteiger partial charge is 0.343 e. The molecule has 3 aromatic rings. The molecular weight excluding hydrogens is 348 g/mol. The van der Waals surface area contributed by atoms with Crippen molar-refractivity contribution in [2.45, 2.75) is 32.2 Å². The van der Waals surface area contributed by atoms with Gasteiger partial charge in [0.25, 0.3) is 11.5 Å². The standard InChI is InChI=1S/C18H20N6O3/c1-2-24-15(21-22-18(24)27)11-7-9-23(10-8-11)17(26)14-16(25)20-13-6-4-3-5-12(13)19-14/h3-6,11H,2,7-10H2,1H3,(H,20,25)(H,22,27). The SMILES string of the molecule is CCn1c(C2CCN(C(=O)c3nc4ccccc4[nH]c3=O)CC2)n[nH]c1=O. The highest BCUT2D eigenvalue weighted by Crippen LogP contribution is 2.26. The Balaban J connectivity index is 1.53. The zero-order valence-electron chi connectivity index (χ0n) is 14.9. The van der Waals surface area contributed by atoms with Gasteiger partial charge in [-0.25, -0.2) is 14.9 Å². The van der Waals surface area contributed by atoms with Gasteiger partial charge in [0.1, 0.15) is 5.82 Å². The molecule has 0 aliphatic carbocycles. The summed E-state index contributed by atoms with van der Waals surface area (Å²) >= 11 is 0. The lowest BCUT2D eigenvalue weighted by Crippen LogP contribution is -2.41. The van der Waals surface area contributed by atoms with Gasteiger partial charge in [-0.2, -0.15) is 5.10 Å². The molecule has 0 bridgehead atoms. The van der Waals surface area contributed by atoms with E-state index in [9.17, 15) is 14.4 Å². The van der Waals surface area contributed by atoms with Gasteiger partial charge in [-0.1, -0.05) is 12.1 Å². The van der Waals surface area contributed by atoms with Gasteiger partial charge in [-0.15, -0.1) is 0 Å². The van der Waals surface area contributed by atoms with Crippen LogP contribution in [0.3, 0.4) is 0 Å². The van der Waals surface area contributed by atoms with E-state index in [0.29, 0.717) is 43.5 Å². The number of rotatable bonds is 3. The third-order valence-electron chi connectivity index (χ3n) is 5.05. The Bertz CT molecular complexity index is 1100. The number of piperidine rings is 1. The number of para-hydroxylation sites is 2. The summed E-state index contributed by atoms with van der Waals surface area (Å²) in [5.74, 6) is 0.474. The average Bonchev–Trinajstić information content (AvgIpc) is 3.07. The van der Waals surface area contributed by atoms with Crippen LogP contribution >= 0.6 is 0 Å². The first-order chi connectivity index (χ1) is 13.1. The Morgan fingerprint density at radius 2 is 1.96 bits per heavy atom. The van der Waals surface area contributed by atoms with Crippen molar-refractivity contribution in [2.24, 2.45) is 0 Å². The zero-order valence-corrected chi connectivity index (χ0v) is 14.9. The highest BCUT2D eigenvalue weighted by atomic mass is 16.2. The van der Waals surface area contributed by atoms with Gasteiger partial charge < -0.3 is 9.88 Å². The number of amides is 1. The molecule has 140 valence electrons. The number of fused-ring (bicyclic) bond motifs is 1. The van der Waals surface area contributed by atoms with Crippen LogP contribution < -0.4 is 11.2 Å². The minimum Gasteiger partial charge on any atom is -0.337 e. The van der Waals surface area contributed by atoms with Gasteiger partial charge in [-0.05, 0) is 31.9 Å². The van der Waals surface area contributed by atoms with E-state index in [1.807, 2.05) is 13.0 Å². The summed E-state index contributed by atoms with van der Waals surface area (Å²) < 4.78 is 1.62. The minimum atomic E-state index is -0.479. The summed E-state index contributed by atoms with van der Waals surface area (Å²) in [4.78, 5) is 45.4. The van der Waals surface area contributed by atoms with Crippen LogP contribution in [0.15, 0.2) is 33.9 Å². The molecule has 0 unspecified atom stereocenters. The maximum atomic E-state index is 12.8. The van der Waals surface area contributed by atoms with Crippen molar-refractivity contribution < 1.29 is 4.79 Å². The molecule has 9 heteroatoms. The van der Waals surface area contributed by atoms with Crippen LogP contribution in [-0.4, -0.2) is 48.6 Å². The van der Waals surface area contributed by atoms with Crippen LogP contribution in [0.5, 0.6) is 0 Å². The van der Waals surface area contributed by atoms with Crippen LogP contribution in [0.1, 0.15) is 42.0 Å². The summed E-state index contributed by atoms with van der Waals surface area (Å²) in [7, 11) is 0. The van der Waals surface area contributed by atoms with Crippen LogP contribution in [0, 0.1) is 0 Å². The van der Waals surface area contributed by atoms with Gasteiger partial charge >= 0.3 is 5.69 Å². The fourth-order valence-electron chi connectivity index (χ4n) is 3.61. The van der Waals surface area contributed by atoms with Crippen LogP contribution in [-0.2, 0) is 6.54 Å². The monoisotopic (exact) mass is 368 g/mol. The number of hydrogen-bond acceptors (Lipinski definition) is 5. The molecule has 1 saturated heterocycles. The lowest BCUT2D eigenvalue weighted by molar-refractivity contribution is 0.0702. The second-order valence-electron chi connectivity index (χ2n) is 6.63. The van der Waals surface area contributed by atoms with Crippen molar-refractivity contribution in [2.75, 3.05) is 13.1 Å². The van der Waals surface area contributed by atoms with Gasteiger partial charge in [0, 0.05) is 25.6 Å². The molecule has 3 heterocycles. The van der Waals surface area contributed by atoms with E-state index in [0.717, 1.165) is 5.82 Å². The number of benzene rings is 1. The number of aromatic nitrogens is 5. The number of likely N-dealkylation sites (tertiary alicyclic amines) is 1. The second-order valence-corrected chi connectivity index (χ2v) is 6.63. The molecule has 0 saturated carbocycles. The van der Waals surface area contributed by atoms with Crippen molar-refractivity contribution in [3.05, 3.63) is 56.6 Å². The summed E-state index contributed by atoms with van der Waals surface area (Å²) in [6, 6.07) is 7.12. The molecule has 9 nitrogen and oxygen atoms in total. The quantitative estimate of drug-likeness (QED) is 0.711. The fraction of sp³-hybridized carbons (Fsp3) is 0.389. The molecule has 27 heavy (non-hydrogen) atoms. The molecule has 0 spiro atoms. The molecule has 1 aromatic carbocycles. The molecule has 4 rings (SSSR count). The molecule has 0 atom stereocenters. The normalized spacial score (nSPS) is 15.4. The molecule has 0 radical (unpaired) electrons. The Labute approximate surface area is 154 Å². The topological polar surface area (TPSA) is 117 Å². The third-order valence-corrected chi connectivity index (χ3v) is 5.05. The van der Waals surface area contributed by atoms with E-state index in [1.54, 1.807) is 27.7 Å². The summed E-state index contributed by atoms with van der Waals surface area (Å²) in [6.07, 6.45) is 1.36. The first-order valence-electron chi connectivity index (χ1n) is 9.02. The second kappa shape index (κ2) is 6.82. The van der Waals surface area contributed by atoms with Crippen molar-refractivity contribution in [3.8, 4) is 0 Å². The van der Waals surface area contributed by atoms with Crippen molar-refractivity contribution >= 4 is 16.9 Å². The van der Waals surface area contributed by atoms with E-state index >= 15 is 0 Å². The van der Waals surface area contributed by atoms with Crippen LogP contribution in [0.2, 0.25) is 0 Å². The summed E-state index contributed by atoms with van der Waals surface area (Å²) in [5.41, 5.74) is 0.413. The Morgan fingerprint density at radius 1 is 1.22 bits per heavy atom. The lowest BCUT2D eigenvalue weighted by atomic mass is 9.95. The zero-order chi connectivity index (χ0) is 19.0. The highest BCUT2D eigenvalue weighted by molar-refractivity contribution is 5.93. The lowest BCUT2D eigenvalue weighted by Gasteiger charge is -2.31. The smallest absolute Gasteiger partial charge is 0.337 e. The molecule has 1 fully saturated rings. The summed E-state index contributed by atoms with van der Waals surface area (Å²) in [6.45, 7) is 3.43. The molecular formula is C18H20N6O3. The predicted octanol–water partition coefficient (Wildman–Crippen LogP) is 0.848. The van der Waals surface area contributed by atoms with E-state index in [1.165, 1.54) is 0 Å². The van der Waals surface area contributed by atoms with Gasteiger partial charge in [0.05, 0.1) is 11.0 Å². The van der Waals surface area contributed by atoms with Crippen LogP contribution in [0.25, 0.3) is 11.0 Å². The highest BCUT2D eigenvalue weighted by Gasteiger charge is 2.29. The number of nitrogens with zero attached hydrogens (tertiary/aromatic N) is 4. The van der Waals surface area contributed by atoms with E-state index < -0.39 is 5.56 Å². The van der Waals surface area contributed by atoms with E-state index in [-0.39, 0.29) is 23.2 Å². The molecule has 1 aliphatic heterocycles. The number of hydrogen-bond donors (Lipinski definition) is 2. The predicted molar refractivity (Wildman–Crippen MR) is 98.8 cm³/mol. The molecule has 2 aromatic heterocycles. The molecule has 2 N–H and O–H groups in total. The van der Waals surface area contributed by atoms with E-state index in [2.05, 4.69) is 20.2 Å². The number of H-pyrrole nitrogens is 2. The number of carbonyl (C=O) groups is 1. The summed E-state index contributed by atoms with van der Waals surface area (Å²) in [5, 5.41) is 6.63. The minimum absolute atomic E-state index is 0.0858. The maximum Gasteiger partial charge on any atom is 0.343 e. The number of carbonyl (C=O) groups excluding carboxylic acids is 1. The van der Waals surface area contributed by atoms with Gasteiger partial charge in [0.15, 0.2) is 5.69 Å². The first-order valence-corrected chi connectivity index (χ1v) is 9.02. The van der Waals surface area contributed by atoms with Crippen molar-refractivity contribution in [1.82, 2.24) is 29.6 Å². The van der Waals surface area contributed by atoms with Crippen molar-refractivity contribution in [3.63, 3.8) is 0 Å².